The molecule has 0 radical (unpaired) electrons. The molecule has 0 aliphatic carbocycles. The second-order valence-corrected chi connectivity index (χ2v) is 7.14. The van der Waals surface area contributed by atoms with Crippen LogP contribution in [0.15, 0.2) is 30.3 Å². The number of methoxy groups -OCH3 is 3. The number of hydrogen-bond acceptors (Lipinski definition) is 5. The predicted molar refractivity (Wildman–Crippen MR) is 112 cm³/mol. The Morgan fingerprint density at radius 3 is 2.27 bits per heavy atom. The van der Waals surface area contributed by atoms with Crippen LogP contribution in [0, 0.1) is 6.92 Å². The van der Waals surface area contributed by atoms with E-state index in [0.717, 1.165) is 23.2 Å². The molecular weight excluding hydrogens is 386 g/mol. The summed E-state index contributed by atoms with van der Waals surface area (Å²) in [7, 11) is 4.64. The van der Waals surface area contributed by atoms with E-state index in [-0.39, 0.29) is 11.3 Å². The van der Waals surface area contributed by atoms with Crippen molar-refractivity contribution >= 4 is 5.97 Å². The minimum Gasteiger partial charge on any atom is -0.508 e. The first-order valence-corrected chi connectivity index (χ1v) is 9.50. The van der Waals surface area contributed by atoms with Gasteiger partial charge in [-0.1, -0.05) is 0 Å². The minimum atomic E-state index is -1.03. The molecule has 156 valence electrons. The summed E-state index contributed by atoms with van der Waals surface area (Å²) >= 11 is 0. The molecule has 0 spiro atoms. The van der Waals surface area contributed by atoms with Gasteiger partial charge < -0.3 is 29.0 Å². The molecule has 1 aliphatic heterocycles. The highest BCUT2D eigenvalue weighted by Crippen LogP contribution is 2.47. The minimum absolute atomic E-state index is 0.0521. The van der Waals surface area contributed by atoms with E-state index in [0.29, 0.717) is 40.6 Å². The lowest BCUT2D eigenvalue weighted by atomic mass is 9.93. The molecule has 0 unspecified atom stereocenters. The molecule has 0 atom stereocenters. The maximum Gasteiger partial charge on any atom is 0.338 e. The maximum absolute atomic E-state index is 12.5. The molecule has 7 nitrogen and oxygen atoms in total. The second-order valence-electron chi connectivity index (χ2n) is 7.14. The van der Waals surface area contributed by atoms with Gasteiger partial charge >= 0.3 is 5.97 Å². The molecule has 0 saturated carbocycles. The number of phenolic OH excluding ortho intramolecular Hbond substituents is 1. The highest BCUT2D eigenvalue weighted by atomic mass is 16.5. The van der Waals surface area contributed by atoms with Gasteiger partial charge in [-0.05, 0) is 43.2 Å². The van der Waals surface area contributed by atoms with Crippen molar-refractivity contribution in [2.45, 2.75) is 19.9 Å². The van der Waals surface area contributed by atoms with Crippen molar-refractivity contribution in [1.82, 2.24) is 4.57 Å². The Balaban J connectivity index is 2.06. The number of carboxylic acid groups (broad SMARTS) is 1. The summed E-state index contributed by atoms with van der Waals surface area (Å²) in [5.74, 6) is 0.598. The van der Waals surface area contributed by atoms with Gasteiger partial charge in [-0.2, -0.15) is 0 Å². The van der Waals surface area contributed by atoms with E-state index in [2.05, 4.69) is 0 Å². The van der Waals surface area contributed by atoms with Crippen molar-refractivity contribution in [3.8, 4) is 45.4 Å². The molecule has 4 rings (SSSR count). The molecular formula is C23H23NO6. The first-order valence-electron chi connectivity index (χ1n) is 9.50. The normalized spacial score (nSPS) is 12.1. The van der Waals surface area contributed by atoms with Crippen LogP contribution in [0.4, 0.5) is 0 Å². The summed E-state index contributed by atoms with van der Waals surface area (Å²) in [5.41, 5.74) is 4.67. The molecule has 0 bridgehead atoms. The largest absolute Gasteiger partial charge is 0.508 e. The number of aromatic carboxylic acids is 1. The average molecular weight is 409 g/mol. The molecule has 1 aliphatic rings. The van der Waals surface area contributed by atoms with Gasteiger partial charge in [0.05, 0.1) is 32.6 Å². The van der Waals surface area contributed by atoms with Gasteiger partial charge in [0.2, 0.25) is 0 Å². The van der Waals surface area contributed by atoms with Crippen LogP contribution in [0.3, 0.4) is 0 Å². The van der Waals surface area contributed by atoms with Crippen LogP contribution >= 0.6 is 0 Å². The summed E-state index contributed by atoms with van der Waals surface area (Å²) in [4.78, 5) is 12.5. The lowest BCUT2D eigenvalue weighted by Crippen LogP contribution is -2.14. The third kappa shape index (κ3) is 2.85. The molecule has 30 heavy (non-hydrogen) atoms. The number of fused-ring (bicyclic) bond motifs is 3. The fourth-order valence-corrected chi connectivity index (χ4v) is 4.30. The smallest absolute Gasteiger partial charge is 0.338 e. The van der Waals surface area contributed by atoms with Crippen LogP contribution in [-0.4, -0.2) is 42.1 Å². The van der Waals surface area contributed by atoms with Gasteiger partial charge in [0.15, 0.2) is 11.5 Å². The van der Waals surface area contributed by atoms with E-state index in [4.69, 9.17) is 14.2 Å². The van der Waals surface area contributed by atoms with Crippen LogP contribution in [-0.2, 0) is 13.0 Å². The van der Waals surface area contributed by atoms with E-state index < -0.39 is 5.97 Å². The fourth-order valence-electron chi connectivity index (χ4n) is 4.30. The van der Waals surface area contributed by atoms with Gasteiger partial charge in [0.1, 0.15) is 11.5 Å². The summed E-state index contributed by atoms with van der Waals surface area (Å²) in [6.07, 6.45) is 0.740. The summed E-state index contributed by atoms with van der Waals surface area (Å²) < 4.78 is 18.3. The first kappa shape index (κ1) is 19.7. The molecule has 0 fully saturated rings. The molecule has 2 N–H and O–H groups in total. The number of nitrogens with zero attached hydrogens (tertiary/aromatic N) is 1. The van der Waals surface area contributed by atoms with E-state index >= 15 is 0 Å². The Morgan fingerprint density at radius 1 is 0.967 bits per heavy atom. The number of ether oxygens (including phenoxy) is 3. The Kier molecular flexibility index (Phi) is 4.81. The van der Waals surface area contributed by atoms with Crippen molar-refractivity contribution in [3.63, 3.8) is 0 Å². The summed E-state index contributed by atoms with van der Waals surface area (Å²) in [6, 6.07) is 8.44. The van der Waals surface area contributed by atoms with Crippen LogP contribution < -0.4 is 14.2 Å². The van der Waals surface area contributed by atoms with Crippen molar-refractivity contribution < 1.29 is 29.2 Å². The number of phenols is 1. The molecule has 7 heteroatoms. The van der Waals surface area contributed by atoms with E-state index in [1.165, 1.54) is 19.2 Å². The number of aromatic nitrogens is 1. The highest BCUT2D eigenvalue weighted by Gasteiger charge is 2.32. The van der Waals surface area contributed by atoms with Crippen molar-refractivity contribution in [1.29, 1.82) is 0 Å². The topological polar surface area (TPSA) is 90.2 Å². The average Bonchev–Trinajstić information content (AvgIpc) is 3.05. The number of benzene rings is 2. The third-order valence-electron chi connectivity index (χ3n) is 5.66. The van der Waals surface area contributed by atoms with Gasteiger partial charge in [0, 0.05) is 35.0 Å². The number of hydrogen-bond donors (Lipinski definition) is 2. The van der Waals surface area contributed by atoms with Crippen molar-refractivity contribution in [2.75, 3.05) is 21.3 Å². The van der Waals surface area contributed by atoms with Gasteiger partial charge in [-0.25, -0.2) is 4.79 Å². The molecule has 0 amide bonds. The summed E-state index contributed by atoms with van der Waals surface area (Å²) in [5, 5.41) is 20.0. The Bertz CT molecular complexity index is 1160. The quantitative estimate of drug-likeness (QED) is 0.659. The molecule has 2 aromatic carbocycles. The SMILES string of the molecule is COc1cc2c(cc1OC)-c1c(C(=O)O)c(-c3ccc(O)cc3OC)c(C)n1CC2. The standard InChI is InChI=1S/C23H23NO6/c1-12-20(15-6-5-14(25)10-17(15)28-2)21(23(26)27)22-16-11-19(30-4)18(29-3)9-13(16)7-8-24(12)22/h5-6,9-11,25H,7-8H2,1-4H3,(H,26,27). The fraction of sp³-hybridized carbons (Fsp3) is 0.261. The number of carboxylic acids is 1. The number of carbonyl (C=O) groups is 1. The van der Waals surface area contributed by atoms with E-state index in [9.17, 15) is 15.0 Å². The zero-order chi connectivity index (χ0) is 21.6. The van der Waals surface area contributed by atoms with Gasteiger partial charge in [-0.3, -0.25) is 0 Å². The Morgan fingerprint density at radius 2 is 1.63 bits per heavy atom. The Labute approximate surface area is 174 Å². The summed E-state index contributed by atoms with van der Waals surface area (Å²) in [6.45, 7) is 2.55. The number of aromatic hydroxyl groups is 1. The second kappa shape index (κ2) is 7.33. The Hall–Kier alpha value is -3.61. The van der Waals surface area contributed by atoms with Crippen LogP contribution in [0.25, 0.3) is 22.4 Å². The molecule has 3 aromatic rings. The molecule has 1 aromatic heterocycles. The molecule has 2 heterocycles. The van der Waals surface area contributed by atoms with Crippen molar-refractivity contribution in [3.05, 3.63) is 47.2 Å². The monoisotopic (exact) mass is 409 g/mol. The van der Waals surface area contributed by atoms with Gasteiger partial charge in [-0.15, -0.1) is 0 Å². The highest BCUT2D eigenvalue weighted by molar-refractivity contribution is 6.05. The lowest BCUT2D eigenvalue weighted by molar-refractivity contribution is 0.0698. The number of rotatable bonds is 5. The zero-order valence-electron chi connectivity index (χ0n) is 17.3. The third-order valence-corrected chi connectivity index (χ3v) is 5.66. The van der Waals surface area contributed by atoms with Crippen LogP contribution in [0.5, 0.6) is 23.0 Å². The van der Waals surface area contributed by atoms with Crippen LogP contribution in [0.2, 0.25) is 0 Å². The van der Waals surface area contributed by atoms with Crippen molar-refractivity contribution in [2.24, 2.45) is 0 Å². The van der Waals surface area contributed by atoms with E-state index in [1.807, 2.05) is 23.6 Å². The molecule has 0 saturated heterocycles. The zero-order valence-corrected chi connectivity index (χ0v) is 17.3. The first-order chi connectivity index (χ1) is 14.4. The van der Waals surface area contributed by atoms with Crippen LogP contribution in [0.1, 0.15) is 21.6 Å². The van der Waals surface area contributed by atoms with E-state index in [1.54, 1.807) is 20.3 Å². The maximum atomic E-state index is 12.5. The number of aryl methyl sites for hydroxylation is 1. The lowest BCUT2D eigenvalue weighted by Gasteiger charge is -2.23. The van der Waals surface area contributed by atoms with Gasteiger partial charge in [0.25, 0.3) is 0 Å². The predicted octanol–water partition coefficient (Wildman–Crippen LogP) is 4.12.